The van der Waals surface area contributed by atoms with Gasteiger partial charge in [-0.15, -0.1) is 0 Å². The maximum absolute atomic E-state index is 8.64. The molecule has 0 aromatic rings. The summed E-state index contributed by atoms with van der Waals surface area (Å²) in [7, 11) is 0. The molecule has 0 rings (SSSR count). The van der Waals surface area contributed by atoms with E-state index in [1.807, 2.05) is 0 Å². The fourth-order valence-corrected chi connectivity index (χ4v) is 0. The third-order valence-electron chi connectivity index (χ3n) is 0. The molecule has 3 nitrogen and oxygen atoms in total. The second-order valence-corrected chi connectivity index (χ2v) is 18.3. The molecule has 0 bridgehead atoms. The van der Waals surface area contributed by atoms with Crippen LogP contribution >= 0.6 is 20.4 Å². The Morgan fingerprint density at radius 2 is 0.875 bits per heavy atom. The normalized spacial score (nSPS) is 5.25. The third-order valence-corrected chi connectivity index (χ3v) is 0. The second-order valence-electron chi connectivity index (χ2n) is 0.536. The van der Waals surface area contributed by atoms with Crippen molar-refractivity contribution >= 4 is 20.4 Å². The van der Waals surface area contributed by atoms with Gasteiger partial charge in [0.05, 0.1) is 0 Å². The van der Waals surface area contributed by atoms with Crippen LogP contribution in [0.4, 0.5) is 0 Å². The van der Waals surface area contributed by atoms with Crippen molar-refractivity contribution in [3.63, 3.8) is 0 Å². The molecule has 0 aromatic heterocycles. The number of halogens is 3. The SMILES string of the molecule is [Cl][La]([Cl])[Cl].[O]=[La](=[O])=[O]. The summed E-state index contributed by atoms with van der Waals surface area (Å²) in [5.41, 5.74) is 0. The van der Waals surface area contributed by atoms with Gasteiger partial charge in [0.25, 0.3) is 0 Å². The van der Waals surface area contributed by atoms with Crippen LogP contribution in [0, 0.1) is 55.9 Å². The Morgan fingerprint density at radius 3 is 0.875 bits per heavy atom. The Balaban J connectivity index is 0. The molecule has 0 saturated carbocycles. The van der Waals surface area contributed by atoms with Crippen LogP contribution in [0.25, 0.3) is 0 Å². The Bertz CT molecular complexity index is 110. The van der Waals surface area contributed by atoms with Crippen molar-refractivity contribution in [1.29, 1.82) is 0 Å². The van der Waals surface area contributed by atoms with Crippen LogP contribution < -0.4 is 0 Å². The molecule has 0 heterocycles. The van der Waals surface area contributed by atoms with Crippen molar-refractivity contribution in [1.82, 2.24) is 0 Å². The summed E-state index contributed by atoms with van der Waals surface area (Å²) in [6.07, 6.45) is 0. The van der Waals surface area contributed by atoms with E-state index < -0.39 is 55.9 Å². The fraction of sp³-hybridized carbons (Fsp3) is 0. The molecule has 8 heteroatoms. The molecule has 0 radical (unpaired) electrons. The molecule has 0 atom stereocenters. The van der Waals surface area contributed by atoms with Gasteiger partial charge in [-0.2, -0.15) is 0 Å². The van der Waals surface area contributed by atoms with Gasteiger partial charge in [0.2, 0.25) is 0 Å². The van der Waals surface area contributed by atoms with E-state index in [0.29, 0.717) is 0 Å². The Hall–Kier alpha value is 2.66. The first-order chi connectivity index (χ1) is 3.46. The maximum atomic E-state index is 8.64. The predicted molar refractivity (Wildman–Crippen MR) is 19.6 cm³/mol. The average Bonchev–Trinajstić information content (AvgIpc) is 1.25. The van der Waals surface area contributed by atoms with E-state index in [9.17, 15) is 0 Å². The van der Waals surface area contributed by atoms with Gasteiger partial charge in [-0.25, -0.2) is 0 Å². The Kier molecular flexibility index (Phi) is 16.0. The van der Waals surface area contributed by atoms with Gasteiger partial charge in [0, 0.05) is 0 Å². The minimum atomic E-state index is -4.47. The molecule has 0 aliphatic rings. The van der Waals surface area contributed by atoms with Crippen LogP contribution in [0.15, 0.2) is 0 Å². The Morgan fingerprint density at radius 1 is 0.875 bits per heavy atom. The summed E-state index contributed by atoms with van der Waals surface area (Å²) in [5, 5.41) is 0. The zero-order valence-corrected chi connectivity index (χ0v) is 13.0. The van der Waals surface area contributed by atoms with Crippen molar-refractivity contribution in [2.45, 2.75) is 0 Å². The monoisotopic (exact) mass is 431 g/mol. The first-order valence-electron chi connectivity index (χ1n) is 1.36. The molecule has 0 saturated heterocycles. The molecule has 8 heavy (non-hydrogen) atoms. The van der Waals surface area contributed by atoms with Gasteiger partial charge in [-0.1, -0.05) is 0 Å². The minimum absolute atomic E-state index is 2.31. The van der Waals surface area contributed by atoms with E-state index in [4.69, 9.17) is 25.5 Å². The van der Waals surface area contributed by atoms with Crippen LogP contribution in [-0.4, -0.2) is 0 Å². The molecule has 0 amide bonds. The molecule has 45 valence electrons. The van der Waals surface area contributed by atoms with Crippen molar-refractivity contribution in [2.75, 3.05) is 0 Å². The Labute approximate surface area is 79.0 Å². The van der Waals surface area contributed by atoms with E-state index in [1.165, 1.54) is 0 Å². The first kappa shape index (κ1) is 13.3. The van der Waals surface area contributed by atoms with Gasteiger partial charge < -0.3 is 0 Å². The zero-order chi connectivity index (χ0) is 7.15. The van der Waals surface area contributed by atoms with Crippen LogP contribution in [0.2, 0.25) is 0 Å². The molecule has 0 N–H and O–H groups in total. The van der Waals surface area contributed by atoms with E-state index in [0.717, 1.165) is 0 Å². The number of hydrogen-bond donors (Lipinski definition) is 0. The van der Waals surface area contributed by atoms with Gasteiger partial charge >= 0.3 is 81.3 Å². The van der Waals surface area contributed by atoms with Crippen LogP contribution in [0.5, 0.6) is 0 Å². The van der Waals surface area contributed by atoms with Crippen molar-refractivity contribution < 1.29 is 61.0 Å². The van der Waals surface area contributed by atoms with Crippen LogP contribution in [-0.2, 0) is 5.09 Å². The zero-order valence-electron chi connectivity index (χ0n) is 3.51. The molecule has 0 aromatic carbocycles. The second kappa shape index (κ2) is 9.66. The molecule has 0 fully saturated rings. The predicted octanol–water partition coefficient (Wildman–Crippen LogP) is 1.71. The summed E-state index contributed by atoms with van der Waals surface area (Å²) in [6, 6.07) is 0. The summed E-state index contributed by atoms with van der Waals surface area (Å²) in [4.78, 5) is 0. The standard InChI is InChI=1S/3ClH.2La.3O/h3*1H;;;;;/q;;;;+3;;;/p-3. The first-order valence-corrected chi connectivity index (χ1v) is 19.4. The van der Waals surface area contributed by atoms with E-state index in [-0.39, 0.29) is 0 Å². The summed E-state index contributed by atoms with van der Waals surface area (Å²) in [6.45, 7) is 15.1. The van der Waals surface area contributed by atoms with Gasteiger partial charge in [-0.05, 0) is 0 Å². The average molecular weight is 432 g/mol. The summed E-state index contributed by atoms with van der Waals surface area (Å²) in [5.74, 6) is 0. The molecule has 0 spiro atoms. The molecule has 0 unspecified atom stereocenters. The molecular weight excluding hydrogens is 432 g/mol. The van der Waals surface area contributed by atoms with Crippen molar-refractivity contribution in [3.8, 4) is 0 Å². The summed E-state index contributed by atoms with van der Waals surface area (Å²) < 4.78 is 25.9. The molecule has 0 aliphatic heterocycles. The molecule has 0 aliphatic carbocycles. The van der Waals surface area contributed by atoms with Gasteiger partial charge in [-0.3, -0.25) is 0 Å². The fourth-order valence-electron chi connectivity index (χ4n) is 0. The van der Waals surface area contributed by atoms with Crippen LogP contribution in [0.1, 0.15) is 0 Å². The topological polar surface area (TPSA) is 51.2 Å². The third kappa shape index (κ3) is 71.8. The number of rotatable bonds is 0. The quantitative estimate of drug-likeness (QED) is 0.586. The van der Waals surface area contributed by atoms with Gasteiger partial charge in [0.15, 0.2) is 0 Å². The van der Waals surface area contributed by atoms with E-state index >= 15 is 0 Å². The summed E-state index contributed by atoms with van der Waals surface area (Å²) >= 11 is -6.78. The van der Waals surface area contributed by atoms with Gasteiger partial charge in [0.1, 0.15) is 0 Å². The molecular formula is Cl3La2O3. The van der Waals surface area contributed by atoms with E-state index in [1.54, 1.807) is 0 Å². The van der Waals surface area contributed by atoms with Crippen LogP contribution in [0.3, 0.4) is 0 Å². The van der Waals surface area contributed by atoms with Crippen molar-refractivity contribution in [3.05, 3.63) is 0 Å². The van der Waals surface area contributed by atoms with Crippen molar-refractivity contribution in [2.24, 2.45) is 0 Å². The number of hydrogen-bond acceptors (Lipinski definition) is 3. The van der Waals surface area contributed by atoms with E-state index in [2.05, 4.69) is 0 Å².